The molecule has 0 unspecified atom stereocenters. The van der Waals surface area contributed by atoms with E-state index >= 15 is 0 Å². The molecule has 0 atom stereocenters. The summed E-state index contributed by atoms with van der Waals surface area (Å²) in [5.41, 5.74) is 0.0953. The van der Waals surface area contributed by atoms with E-state index in [1.165, 1.54) is 0 Å². The first kappa shape index (κ1) is 20.2. The highest BCUT2D eigenvalue weighted by molar-refractivity contribution is 7.90. The zero-order chi connectivity index (χ0) is 19.4. The van der Waals surface area contributed by atoms with Gasteiger partial charge >= 0.3 is 0 Å². The van der Waals surface area contributed by atoms with Crippen molar-refractivity contribution in [3.05, 3.63) is 30.3 Å². The molecule has 0 radical (unpaired) electrons. The number of sulfone groups is 1. The number of likely N-dealkylation sites (tertiary alicyclic amines) is 1. The van der Waals surface area contributed by atoms with E-state index in [9.17, 15) is 18.0 Å². The van der Waals surface area contributed by atoms with Crippen LogP contribution in [0.4, 0.5) is 5.69 Å². The number of benzene rings is 1. The van der Waals surface area contributed by atoms with Gasteiger partial charge in [-0.3, -0.25) is 9.59 Å². The van der Waals surface area contributed by atoms with Gasteiger partial charge in [-0.05, 0) is 25.0 Å². The van der Waals surface area contributed by atoms with Gasteiger partial charge in [0.05, 0.1) is 5.75 Å². The van der Waals surface area contributed by atoms with Crippen LogP contribution >= 0.6 is 0 Å². The molecule has 144 valence electrons. The lowest BCUT2D eigenvalue weighted by Crippen LogP contribution is -2.58. The molecule has 0 bridgehead atoms. The summed E-state index contributed by atoms with van der Waals surface area (Å²) in [6.07, 6.45) is 2.06. The summed E-state index contributed by atoms with van der Waals surface area (Å²) in [5, 5.41) is 3.37. The number of rotatable bonds is 6. The van der Waals surface area contributed by atoms with Crippen LogP contribution in [0.15, 0.2) is 30.3 Å². The molecule has 0 aliphatic carbocycles. The van der Waals surface area contributed by atoms with Crippen molar-refractivity contribution < 1.29 is 18.0 Å². The molecule has 2 amide bonds. The van der Waals surface area contributed by atoms with Gasteiger partial charge < -0.3 is 15.1 Å². The van der Waals surface area contributed by atoms with Crippen molar-refractivity contribution in [2.24, 2.45) is 0 Å². The van der Waals surface area contributed by atoms with E-state index in [1.807, 2.05) is 30.3 Å². The fraction of sp³-hybridized carbons (Fsp3) is 0.556. The molecule has 8 heteroatoms. The summed E-state index contributed by atoms with van der Waals surface area (Å²) in [4.78, 5) is 28.3. The molecule has 1 fully saturated rings. The number of nitrogens with zero attached hydrogens (tertiary/aromatic N) is 2. The first-order valence-electron chi connectivity index (χ1n) is 8.63. The van der Waals surface area contributed by atoms with E-state index in [-0.39, 0.29) is 24.0 Å². The Morgan fingerprint density at radius 3 is 2.23 bits per heavy atom. The van der Waals surface area contributed by atoms with Gasteiger partial charge in [-0.15, -0.1) is 0 Å². The summed E-state index contributed by atoms with van der Waals surface area (Å²) >= 11 is 0. The Morgan fingerprint density at radius 1 is 1.15 bits per heavy atom. The molecular formula is C18H27N3O4S. The van der Waals surface area contributed by atoms with Crippen LogP contribution in [0.3, 0.4) is 0 Å². The first-order chi connectivity index (χ1) is 12.1. The molecule has 0 aromatic heterocycles. The fourth-order valence-corrected chi connectivity index (χ4v) is 3.73. The second-order valence-electron chi connectivity index (χ2n) is 7.03. The van der Waals surface area contributed by atoms with Gasteiger partial charge in [-0.1, -0.05) is 18.2 Å². The van der Waals surface area contributed by atoms with Crippen LogP contribution < -0.4 is 5.32 Å². The average Bonchev–Trinajstić information content (AvgIpc) is 2.59. The van der Waals surface area contributed by atoms with Crippen LogP contribution in [0.2, 0.25) is 0 Å². The van der Waals surface area contributed by atoms with Crippen molar-refractivity contribution in [3.63, 3.8) is 0 Å². The van der Waals surface area contributed by atoms with Crippen molar-refractivity contribution in [2.75, 3.05) is 44.5 Å². The van der Waals surface area contributed by atoms with Crippen molar-refractivity contribution >= 4 is 27.3 Å². The van der Waals surface area contributed by atoms with Gasteiger partial charge in [0.15, 0.2) is 0 Å². The summed E-state index contributed by atoms with van der Waals surface area (Å²) in [7, 11) is 0.279. The summed E-state index contributed by atoms with van der Waals surface area (Å²) in [6.45, 7) is 0.837. The molecule has 0 spiro atoms. The lowest BCUT2D eigenvalue weighted by atomic mass is 9.85. The number of para-hydroxylation sites is 1. The molecule has 1 heterocycles. The van der Waals surface area contributed by atoms with Gasteiger partial charge in [0.25, 0.3) is 0 Å². The Balaban J connectivity index is 2.08. The smallest absolute Gasteiger partial charge is 0.247 e. The second kappa shape index (κ2) is 8.07. The highest BCUT2D eigenvalue weighted by Crippen LogP contribution is 2.29. The predicted octanol–water partition coefficient (Wildman–Crippen LogP) is 0.983. The maximum atomic E-state index is 12.8. The quantitative estimate of drug-likeness (QED) is 0.794. The van der Waals surface area contributed by atoms with E-state index in [2.05, 4.69) is 5.32 Å². The van der Waals surface area contributed by atoms with Gasteiger partial charge in [0, 0.05) is 45.5 Å². The van der Waals surface area contributed by atoms with Crippen LogP contribution in [0.1, 0.15) is 19.3 Å². The van der Waals surface area contributed by atoms with Crippen molar-refractivity contribution in [1.29, 1.82) is 0 Å². The molecule has 7 nitrogen and oxygen atoms in total. The fourth-order valence-electron chi connectivity index (χ4n) is 3.19. The third kappa shape index (κ3) is 5.20. The predicted molar refractivity (Wildman–Crippen MR) is 102 cm³/mol. The van der Waals surface area contributed by atoms with Crippen molar-refractivity contribution in [3.8, 4) is 0 Å². The number of hydrogen-bond acceptors (Lipinski definition) is 5. The zero-order valence-corrected chi connectivity index (χ0v) is 16.4. The Kier molecular flexibility index (Phi) is 6.28. The number of anilines is 1. The molecule has 0 saturated carbocycles. The Labute approximate surface area is 155 Å². The van der Waals surface area contributed by atoms with E-state index in [0.717, 1.165) is 11.9 Å². The highest BCUT2D eigenvalue weighted by atomic mass is 32.2. The molecule has 2 rings (SSSR count). The van der Waals surface area contributed by atoms with E-state index in [4.69, 9.17) is 0 Å². The lowest BCUT2D eigenvalue weighted by molar-refractivity contribution is -0.139. The van der Waals surface area contributed by atoms with E-state index in [1.54, 1.807) is 23.9 Å². The monoisotopic (exact) mass is 381 g/mol. The number of carbonyl (C=O) groups is 2. The van der Waals surface area contributed by atoms with Crippen LogP contribution in [-0.4, -0.2) is 74.8 Å². The Morgan fingerprint density at radius 2 is 1.73 bits per heavy atom. The number of likely N-dealkylation sites (N-methyl/N-ethyl adjacent to an activating group) is 1. The number of amides is 2. The first-order valence-corrected chi connectivity index (χ1v) is 10.7. The average molecular weight is 381 g/mol. The molecular weight excluding hydrogens is 354 g/mol. The zero-order valence-electron chi connectivity index (χ0n) is 15.6. The molecule has 1 aliphatic heterocycles. The third-order valence-corrected chi connectivity index (χ3v) is 5.58. The maximum Gasteiger partial charge on any atom is 0.247 e. The minimum absolute atomic E-state index is 0.0143. The van der Waals surface area contributed by atoms with Gasteiger partial charge in [-0.2, -0.15) is 0 Å². The third-order valence-electron chi connectivity index (χ3n) is 4.63. The van der Waals surface area contributed by atoms with E-state index < -0.39 is 15.4 Å². The largest absolute Gasteiger partial charge is 0.371 e. The summed E-state index contributed by atoms with van der Waals surface area (Å²) in [6, 6.07) is 9.54. The van der Waals surface area contributed by atoms with Crippen LogP contribution in [0.5, 0.6) is 0 Å². The molecule has 1 aromatic rings. The lowest BCUT2D eigenvalue weighted by Gasteiger charge is -2.43. The van der Waals surface area contributed by atoms with E-state index in [0.29, 0.717) is 25.9 Å². The minimum Gasteiger partial charge on any atom is -0.371 e. The maximum absolute atomic E-state index is 12.8. The summed E-state index contributed by atoms with van der Waals surface area (Å²) < 4.78 is 22.5. The Bertz CT molecular complexity index is 739. The SMILES string of the molecule is CN(C)C(=O)C1(Nc2ccccc2)CCN(C(=O)CCS(C)(=O)=O)CC1. The van der Waals surface area contributed by atoms with Crippen LogP contribution in [0.25, 0.3) is 0 Å². The topological polar surface area (TPSA) is 86.8 Å². The number of piperidine rings is 1. The number of carbonyl (C=O) groups excluding carboxylic acids is 2. The molecule has 1 saturated heterocycles. The minimum atomic E-state index is -3.17. The van der Waals surface area contributed by atoms with Crippen molar-refractivity contribution in [2.45, 2.75) is 24.8 Å². The molecule has 1 N–H and O–H groups in total. The van der Waals surface area contributed by atoms with Gasteiger partial charge in [-0.25, -0.2) is 8.42 Å². The van der Waals surface area contributed by atoms with Crippen LogP contribution in [0, 0.1) is 0 Å². The van der Waals surface area contributed by atoms with Crippen LogP contribution in [-0.2, 0) is 19.4 Å². The second-order valence-corrected chi connectivity index (χ2v) is 9.29. The highest BCUT2D eigenvalue weighted by Gasteiger charge is 2.43. The summed E-state index contributed by atoms with van der Waals surface area (Å²) in [5.74, 6) is -0.350. The van der Waals surface area contributed by atoms with Crippen molar-refractivity contribution in [1.82, 2.24) is 9.80 Å². The number of nitrogens with one attached hydrogen (secondary N) is 1. The number of hydrogen-bond donors (Lipinski definition) is 1. The van der Waals surface area contributed by atoms with Gasteiger partial charge in [0.2, 0.25) is 11.8 Å². The Hall–Kier alpha value is -2.09. The van der Waals surface area contributed by atoms with Gasteiger partial charge in [0.1, 0.15) is 15.4 Å². The standard InChI is InChI=1S/C18H27N3O4S/c1-20(2)17(23)18(19-15-7-5-4-6-8-15)10-12-21(13-11-18)16(22)9-14-26(3,24)25/h4-8,19H,9-14H2,1-3H3. The normalized spacial score (nSPS) is 16.8. The molecule has 26 heavy (non-hydrogen) atoms. The molecule has 1 aliphatic rings. The molecule has 1 aromatic carbocycles.